The number of carbonyl (C=O) groups is 2. The summed E-state index contributed by atoms with van der Waals surface area (Å²) in [6.45, 7) is 7.36. The number of hydrogen-bond acceptors (Lipinski definition) is 4. The summed E-state index contributed by atoms with van der Waals surface area (Å²) in [7, 11) is 0. The van der Waals surface area contributed by atoms with E-state index in [9.17, 15) is 14.7 Å². The van der Waals surface area contributed by atoms with E-state index in [1.165, 1.54) is 0 Å². The smallest absolute Gasteiger partial charge is 0.408 e. The summed E-state index contributed by atoms with van der Waals surface area (Å²) in [5, 5.41) is 14.6. The first-order valence-electron chi connectivity index (χ1n) is 7.26. The third-order valence-corrected chi connectivity index (χ3v) is 2.79. The molecule has 0 aliphatic rings. The highest BCUT2D eigenvalue weighted by molar-refractivity contribution is 5.85. The summed E-state index contributed by atoms with van der Waals surface area (Å²) >= 11 is 0. The van der Waals surface area contributed by atoms with Crippen molar-refractivity contribution in [1.29, 1.82) is 0 Å². The minimum Gasteiger partial charge on any atom is -0.508 e. The monoisotopic (exact) mass is 308 g/mol. The van der Waals surface area contributed by atoms with Gasteiger partial charge in [0.05, 0.1) is 0 Å². The highest BCUT2D eigenvalue weighted by Gasteiger charge is 2.22. The largest absolute Gasteiger partial charge is 0.508 e. The maximum atomic E-state index is 12.1. The number of aromatic hydroxyl groups is 1. The zero-order valence-corrected chi connectivity index (χ0v) is 13.5. The lowest BCUT2D eigenvalue weighted by Crippen LogP contribution is -2.47. The lowest BCUT2D eigenvalue weighted by Gasteiger charge is -2.22. The van der Waals surface area contributed by atoms with E-state index in [1.54, 1.807) is 52.0 Å². The van der Waals surface area contributed by atoms with E-state index in [1.807, 2.05) is 0 Å². The van der Waals surface area contributed by atoms with Gasteiger partial charge in [0.25, 0.3) is 0 Å². The summed E-state index contributed by atoms with van der Waals surface area (Å²) in [5.41, 5.74) is 0.168. The molecule has 0 heterocycles. The van der Waals surface area contributed by atoms with Crippen LogP contribution in [0, 0.1) is 0 Å². The highest BCUT2D eigenvalue weighted by Crippen LogP contribution is 2.11. The Balaban J connectivity index is 2.52. The van der Waals surface area contributed by atoms with Crippen molar-refractivity contribution in [3.63, 3.8) is 0 Å². The fourth-order valence-electron chi connectivity index (χ4n) is 1.78. The van der Waals surface area contributed by atoms with Crippen molar-refractivity contribution in [2.24, 2.45) is 0 Å². The van der Waals surface area contributed by atoms with E-state index in [2.05, 4.69) is 10.6 Å². The predicted molar refractivity (Wildman–Crippen MR) is 83.4 cm³/mol. The SMILES string of the molecule is CCC(NC(=O)OC(C)(C)C)C(=O)NCc1cccc(O)c1. The first kappa shape index (κ1) is 17.8. The van der Waals surface area contributed by atoms with Crippen LogP contribution in [0.5, 0.6) is 5.75 Å². The van der Waals surface area contributed by atoms with E-state index in [-0.39, 0.29) is 18.2 Å². The van der Waals surface area contributed by atoms with Crippen molar-refractivity contribution in [2.75, 3.05) is 0 Å². The second-order valence-corrected chi connectivity index (χ2v) is 5.99. The van der Waals surface area contributed by atoms with Gasteiger partial charge in [-0.05, 0) is 44.9 Å². The van der Waals surface area contributed by atoms with Gasteiger partial charge in [-0.15, -0.1) is 0 Å². The van der Waals surface area contributed by atoms with Gasteiger partial charge in [0, 0.05) is 6.54 Å². The lowest BCUT2D eigenvalue weighted by molar-refractivity contribution is -0.123. The Kier molecular flexibility index (Phi) is 6.22. The third-order valence-electron chi connectivity index (χ3n) is 2.79. The number of phenols is 1. The van der Waals surface area contributed by atoms with E-state index in [0.29, 0.717) is 6.42 Å². The van der Waals surface area contributed by atoms with Gasteiger partial charge in [0.1, 0.15) is 17.4 Å². The van der Waals surface area contributed by atoms with Crippen LogP contribution in [0.25, 0.3) is 0 Å². The number of phenolic OH excluding ortho intramolecular Hbond substituents is 1. The number of carbonyl (C=O) groups excluding carboxylic acids is 2. The highest BCUT2D eigenvalue weighted by atomic mass is 16.6. The molecule has 2 amide bonds. The minimum absolute atomic E-state index is 0.144. The van der Waals surface area contributed by atoms with Crippen LogP contribution in [0.3, 0.4) is 0 Å². The fraction of sp³-hybridized carbons (Fsp3) is 0.500. The molecule has 0 aromatic heterocycles. The van der Waals surface area contributed by atoms with Crippen LogP contribution in [-0.4, -0.2) is 28.7 Å². The van der Waals surface area contributed by atoms with Crippen LogP contribution in [-0.2, 0) is 16.1 Å². The number of alkyl carbamates (subject to hydrolysis) is 1. The molecule has 22 heavy (non-hydrogen) atoms. The molecule has 1 atom stereocenters. The lowest BCUT2D eigenvalue weighted by atomic mass is 10.2. The molecule has 0 bridgehead atoms. The third kappa shape index (κ3) is 6.47. The van der Waals surface area contributed by atoms with Crippen molar-refractivity contribution in [1.82, 2.24) is 10.6 Å². The van der Waals surface area contributed by atoms with Crippen LogP contribution >= 0.6 is 0 Å². The minimum atomic E-state index is -0.660. The Bertz CT molecular complexity index is 523. The molecule has 1 unspecified atom stereocenters. The van der Waals surface area contributed by atoms with Crippen molar-refractivity contribution in [3.05, 3.63) is 29.8 Å². The van der Waals surface area contributed by atoms with Gasteiger partial charge in [-0.1, -0.05) is 19.1 Å². The average molecular weight is 308 g/mol. The van der Waals surface area contributed by atoms with Crippen molar-refractivity contribution in [3.8, 4) is 5.75 Å². The van der Waals surface area contributed by atoms with Gasteiger partial charge in [-0.25, -0.2) is 4.79 Å². The maximum absolute atomic E-state index is 12.1. The Labute approximate surface area is 130 Å². The molecule has 0 spiro atoms. The zero-order valence-electron chi connectivity index (χ0n) is 13.5. The first-order valence-corrected chi connectivity index (χ1v) is 7.26. The summed E-state index contributed by atoms with van der Waals surface area (Å²) in [4.78, 5) is 23.8. The molecule has 0 saturated heterocycles. The van der Waals surface area contributed by atoms with Gasteiger partial charge in [-0.3, -0.25) is 4.79 Å². The van der Waals surface area contributed by atoms with E-state index >= 15 is 0 Å². The Morgan fingerprint density at radius 2 is 2.00 bits per heavy atom. The average Bonchev–Trinajstić information content (AvgIpc) is 2.40. The summed E-state index contributed by atoms with van der Waals surface area (Å²) < 4.78 is 5.14. The molecule has 1 rings (SSSR count). The van der Waals surface area contributed by atoms with Crippen LogP contribution in [0.4, 0.5) is 4.79 Å². The molecule has 1 aromatic carbocycles. The number of benzene rings is 1. The van der Waals surface area contributed by atoms with Gasteiger partial charge in [0.15, 0.2) is 0 Å². The maximum Gasteiger partial charge on any atom is 0.408 e. The predicted octanol–water partition coefficient (Wildman–Crippen LogP) is 2.31. The van der Waals surface area contributed by atoms with Crippen LogP contribution < -0.4 is 10.6 Å². The molecular formula is C16H24N2O4. The van der Waals surface area contributed by atoms with Crippen molar-refractivity contribution in [2.45, 2.75) is 52.3 Å². The van der Waals surface area contributed by atoms with Gasteiger partial charge in [-0.2, -0.15) is 0 Å². The normalized spacial score (nSPS) is 12.4. The summed E-state index contributed by atoms with van der Waals surface area (Å²) in [6, 6.07) is 5.97. The van der Waals surface area contributed by atoms with Gasteiger partial charge >= 0.3 is 6.09 Å². The second-order valence-electron chi connectivity index (χ2n) is 5.99. The van der Waals surface area contributed by atoms with Crippen molar-refractivity contribution >= 4 is 12.0 Å². The Hall–Kier alpha value is -2.24. The van der Waals surface area contributed by atoms with Crippen LogP contribution in [0.2, 0.25) is 0 Å². The molecule has 3 N–H and O–H groups in total. The van der Waals surface area contributed by atoms with E-state index in [4.69, 9.17) is 4.74 Å². The zero-order chi connectivity index (χ0) is 16.8. The molecule has 0 fully saturated rings. The molecule has 0 aliphatic heterocycles. The Morgan fingerprint density at radius 3 is 2.55 bits per heavy atom. The molecule has 6 heteroatoms. The second kappa shape index (κ2) is 7.68. The fourth-order valence-corrected chi connectivity index (χ4v) is 1.78. The van der Waals surface area contributed by atoms with Crippen LogP contribution in [0.1, 0.15) is 39.7 Å². The molecule has 122 valence electrons. The molecule has 6 nitrogen and oxygen atoms in total. The number of rotatable bonds is 5. The molecule has 0 radical (unpaired) electrons. The molecule has 0 saturated carbocycles. The van der Waals surface area contributed by atoms with Gasteiger partial charge in [0.2, 0.25) is 5.91 Å². The van der Waals surface area contributed by atoms with Crippen molar-refractivity contribution < 1.29 is 19.4 Å². The van der Waals surface area contributed by atoms with Gasteiger partial charge < -0.3 is 20.5 Å². The first-order chi connectivity index (χ1) is 10.2. The van der Waals surface area contributed by atoms with E-state index in [0.717, 1.165) is 5.56 Å². The number of nitrogens with one attached hydrogen (secondary N) is 2. The molecular weight excluding hydrogens is 284 g/mol. The standard InChI is InChI=1S/C16H24N2O4/c1-5-13(18-15(21)22-16(2,3)4)14(20)17-10-11-7-6-8-12(19)9-11/h6-9,13,19H,5,10H2,1-4H3,(H,17,20)(H,18,21). The number of hydrogen-bond donors (Lipinski definition) is 3. The Morgan fingerprint density at radius 1 is 1.32 bits per heavy atom. The summed E-state index contributed by atoms with van der Waals surface area (Å²) in [6.07, 6.45) is -0.169. The topological polar surface area (TPSA) is 87.7 Å². The molecule has 0 aliphatic carbocycles. The quantitative estimate of drug-likeness (QED) is 0.779. The number of amides is 2. The van der Waals surface area contributed by atoms with E-state index < -0.39 is 17.7 Å². The number of ether oxygens (including phenoxy) is 1. The summed E-state index contributed by atoms with van der Waals surface area (Å²) in [5.74, 6) is -0.151. The van der Waals surface area contributed by atoms with Crippen LogP contribution in [0.15, 0.2) is 24.3 Å². The molecule has 1 aromatic rings.